The molecule has 0 unspecified atom stereocenters. The third-order valence-electron chi connectivity index (χ3n) is 2.34. The fourth-order valence-electron chi connectivity index (χ4n) is 1.40. The maximum absolute atomic E-state index is 5.85. The van der Waals surface area contributed by atoms with Crippen LogP contribution in [0.2, 0.25) is 0 Å². The van der Waals surface area contributed by atoms with E-state index in [-0.39, 0.29) is 0 Å². The molecule has 0 atom stereocenters. The van der Waals surface area contributed by atoms with Crippen LogP contribution in [0.25, 0.3) is 10.1 Å². The van der Waals surface area contributed by atoms with Crippen molar-refractivity contribution in [1.82, 2.24) is 0 Å². The summed E-state index contributed by atoms with van der Waals surface area (Å²) in [5, 5.41) is 3.37. The highest BCUT2D eigenvalue weighted by atomic mass is 32.1. The highest BCUT2D eigenvalue weighted by molar-refractivity contribution is 7.17. The summed E-state index contributed by atoms with van der Waals surface area (Å²) in [4.78, 5) is 0. The van der Waals surface area contributed by atoms with Gasteiger partial charge in [-0.05, 0) is 47.9 Å². The number of rotatable bonds is 0. The first-order valence-electron chi connectivity index (χ1n) is 3.93. The van der Waals surface area contributed by atoms with Crippen molar-refractivity contribution in [3.8, 4) is 0 Å². The second-order valence-electron chi connectivity index (χ2n) is 3.05. The molecule has 0 aliphatic heterocycles. The Labute approximate surface area is 75.8 Å². The molecule has 0 spiro atoms. The first-order valence-corrected chi connectivity index (χ1v) is 4.81. The Kier molecular flexibility index (Phi) is 1.58. The monoisotopic (exact) mass is 177 g/mol. The number of fused-ring (bicyclic) bond motifs is 1. The van der Waals surface area contributed by atoms with Crippen LogP contribution in [0.3, 0.4) is 0 Å². The largest absolute Gasteiger partial charge is 0.398 e. The molecule has 0 aliphatic carbocycles. The first-order chi connectivity index (χ1) is 5.70. The first kappa shape index (κ1) is 7.62. The topological polar surface area (TPSA) is 26.0 Å². The number of anilines is 1. The molecule has 0 bridgehead atoms. The Morgan fingerprint density at radius 1 is 1.25 bits per heavy atom. The molecule has 0 radical (unpaired) electrons. The summed E-state index contributed by atoms with van der Waals surface area (Å²) < 4.78 is 1.36. The summed E-state index contributed by atoms with van der Waals surface area (Å²) in [6, 6.07) is 4.16. The van der Waals surface area contributed by atoms with Gasteiger partial charge in [-0.1, -0.05) is 0 Å². The molecule has 1 nitrogen and oxygen atoms in total. The molecule has 2 aromatic rings. The molecule has 1 heterocycles. The third kappa shape index (κ3) is 0.916. The number of nitrogen functional groups attached to an aromatic ring is 1. The number of hydrogen-bond donors (Lipinski definition) is 1. The standard InChI is InChI=1S/C10H11NS/c1-6-7(2)10-8(3-4-12-10)5-9(6)11/h3-5H,11H2,1-2H3. The van der Waals surface area contributed by atoms with Gasteiger partial charge in [-0.25, -0.2) is 0 Å². The Balaban J connectivity index is 2.94. The van der Waals surface area contributed by atoms with E-state index < -0.39 is 0 Å². The van der Waals surface area contributed by atoms with Crippen LogP contribution in [-0.2, 0) is 0 Å². The lowest BCUT2D eigenvalue weighted by atomic mass is 10.1. The lowest BCUT2D eigenvalue weighted by Gasteiger charge is -2.04. The molecular formula is C10H11NS. The van der Waals surface area contributed by atoms with E-state index in [1.54, 1.807) is 11.3 Å². The van der Waals surface area contributed by atoms with Gasteiger partial charge >= 0.3 is 0 Å². The molecule has 1 aromatic heterocycles. The van der Waals surface area contributed by atoms with Crippen molar-refractivity contribution in [1.29, 1.82) is 0 Å². The number of nitrogens with two attached hydrogens (primary N) is 1. The molecule has 1 aromatic carbocycles. The molecule has 0 saturated carbocycles. The Morgan fingerprint density at radius 3 is 2.75 bits per heavy atom. The van der Waals surface area contributed by atoms with Crippen LogP contribution < -0.4 is 5.73 Å². The average molecular weight is 177 g/mol. The number of thiophene rings is 1. The normalized spacial score (nSPS) is 10.8. The highest BCUT2D eigenvalue weighted by Crippen LogP contribution is 2.30. The van der Waals surface area contributed by atoms with E-state index in [0.29, 0.717) is 0 Å². The third-order valence-corrected chi connectivity index (χ3v) is 3.39. The van der Waals surface area contributed by atoms with Gasteiger partial charge in [-0.3, -0.25) is 0 Å². The van der Waals surface area contributed by atoms with E-state index in [1.807, 2.05) is 6.07 Å². The Hall–Kier alpha value is -1.02. The molecule has 0 aliphatic rings. The van der Waals surface area contributed by atoms with E-state index in [1.165, 1.54) is 21.2 Å². The zero-order valence-corrected chi connectivity index (χ0v) is 8.03. The van der Waals surface area contributed by atoms with Gasteiger partial charge in [0, 0.05) is 10.4 Å². The number of aryl methyl sites for hydroxylation is 1. The van der Waals surface area contributed by atoms with Crippen molar-refractivity contribution >= 4 is 27.1 Å². The minimum absolute atomic E-state index is 0.901. The number of hydrogen-bond acceptors (Lipinski definition) is 2. The molecule has 2 heteroatoms. The highest BCUT2D eigenvalue weighted by Gasteiger charge is 2.04. The van der Waals surface area contributed by atoms with Crippen LogP contribution in [0, 0.1) is 13.8 Å². The second-order valence-corrected chi connectivity index (χ2v) is 3.97. The van der Waals surface area contributed by atoms with E-state index in [0.717, 1.165) is 5.69 Å². The zero-order valence-electron chi connectivity index (χ0n) is 7.22. The minimum Gasteiger partial charge on any atom is -0.398 e. The smallest absolute Gasteiger partial charge is 0.0376 e. The summed E-state index contributed by atoms with van der Waals surface area (Å²) >= 11 is 1.78. The summed E-state index contributed by atoms with van der Waals surface area (Å²) in [7, 11) is 0. The van der Waals surface area contributed by atoms with Crippen LogP contribution in [-0.4, -0.2) is 0 Å². The minimum atomic E-state index is 0.901. The summed E-state index contributed by atoms with van der Waals surface area (Å²) in [5.41, 5.74) is 9.28. The van der Waals surface area contributed by atoms with Crippen LogP contribution in [0.1, 0.15) is 11.1 Å². The van der Waals surface area contributed by atoms with E-state index in [9.17, 15) is 0 Å². The van der Waals surface area contributed by atoms with Crippen molar-refractivity contribution in [3.05, 3.63) is 28.6 Å². The molecule has 0 amide bonds. The van der Waals surface area contributed by atoms with Crippen molar-refractivity contribution in [3.63, 3.8) is 0 Å². The fourth-order valence-corrected chi connectivity index (χ4v) is 2.34. The van der Waals surface area contributed by atoms with Gasteiger partial charge in [0.05, 0.1) is 0 Å². The van der Waals surface area contributed by atoms with Crippen LogP contribution >= 0.6 is 11.3 Å². The SMILES string of the molecule is Cc1c(N)cc2ccsc2c1C. The average Bonchev–Trinajstić information content (AvgIpc) is 2.48. The Morgan fingerprint density at radius 2 is 2.00 bits per heavy atom. The van der Waals surface area contributed by atoms with E-state index in [4.69, 9.17) is 5.73 Å². The van der Waals surface area contributed by atoms with E-state index >= 15 is 0 Å². The maximum atomic E-state index is 5.85. The van der Waals surface area contributed by atoms with Gasteiger partial charge in [-0.15, -0.1) is 11.3 Å². The van der Waals surface area contributed by atoms with Gasteiger partial charge in [0.25, 0.3) is 0 Å². The van der Waals surface area contributed by atoms with Gasteiger partial charge in [0.15, 0.2) is 0 Å². The van der Waals surface area contributed by atoms with Gasteiger partial charge in [-0.2, -0.15) is 0 Å². The lowest BCUT2D eigenvalue weighted by molar-refractivity contribution is 1.39. The molecular weight excluding hydrogens is 166 g/mol. The van der Waals surface area contributed by atoms with Crippen LogP contribution in [0.5, 0.6) is 0 Å². The van der Waals surface area contributed by atoms with Crippen molar-refractivity contribution in [2.24, 2.45) is 0 Å². The van der Waals surface area contributed by atoms with Crippen LogP contribution in [0.4, 0.5) is 5.69 Å². The zero-order chi connectivity index (χ0) is 8.72. The van der Waals surface area contributed by atoms with Gasteiger partial charge in [0.1, 0.15) is 0 Å². The predicted molar refractivity (Wildman–Crippen MR) is 55.7 cm³/mol. The molecule has 0 fully saturated rings. The molecule has 2 rings (SSSR count). The second kappa shape index (κ2) is 2.49. The fraction of sp³-hybridized carbons (Fsp3) is 0.200. The summed E-state index contributed by atoms with van der Waals surface area (Å²) in [6.07, 6.45) is 0. The summed E-state index contributed by atoms with van der Waals surface area (Å²) in [6.45, 7) is 4.20. The quantitative estimate of drug-likeness (QED) is 0.615. The summed E-state index contributed by atoms with van der Waals surface area (Å²) in [5.74, 6) is 0. The lowest BCUT2D eigenvalue weighted by Crippen LogP contribution is -1.91. The predicted octanol–water partition coefficient (Wildman–Crippen LogP) is 3.10. The van der Waals surface area contributed by atoms with Crippen molar-refractivity contribution < 1.29 is 0 Å². The van der Waals surface area contributed by atoms with E-state index in [2.05, 4.69) is 25.3 Å². The van der Waals surface area contributed by atoms with Gasteiger partial charge < -0.3 is 5.73 Å². The van der Waals surface area contributed by atoms with Crippen LogP contribution in [0.15, 0.2) is 17.5 Å². The van der Waals surface area contributed by atoms with Gasteiger partial charge in [0.2, 0.25) is 0 Å². The number of benzene rings is 1. The molecule has 62 valence electrons. The molecule has 0 saturated heterocycles. The Bertz CT molecular complexity index is 429. The molecule has 12 heavy (non-hydrogen) atoms. The van der Waals surface area contributed by atoms with Crippen molar-refractivity contribution in [2.75, 3.05) is 5.73 Å². The van der Waals surface area contributed by atoms with Crippen molar-refractivity contribution in [2.45, 2.75) is 13.8 Å². The maximum Gasteiger partial charge on any atom is 0.0376 e. The molecule has 2 N–H and O–H groups in total.